The first-order chi connectivity index (χ1) is 12.5. The van der Waals surface area contributed by atoms with E-state index < -0.39 is 52.1 Å². The van der Waals surface area contributed by atoms with Gasteiger partial charge in [-0.25, -0.2) is 18.6 Å². The Morgan fingerprint density at radius 3 is 2.15 bits per heavy atom. The van der Waals surface area contributed by atoms with Crippen LogP contribution in [0.2, 0.25) is 0 Å². The van der Waals surface area contributed by atoms with Crippen molar-refractivity contribution in [3.63, 3.8) is 0 Å². The molecule has 1 heterocycles. The summed E-state index contributed by atoms with van der Waals surface area (Å²) in [6.07, 6.45) is -7.12. The monoisotopic (exact) mass is 411 g/mol. The van der Waals surface area contributed by atoms with Crippen molar-refractivity contribution in [2.75, 3.05) is 7.11 Å². The first-order valence-electron chi connectivity index (χ1n) is 8.21. The van der Waals surface area contributed by atoms with Gasteiger partial charge in [0.25, 0.3) is 6.43 Å². The molecule has 0 N–H and O–H groups in total. The van der Waals surface area contributed by atoms with Crippen molar-refractivity contribution in [3.8, 4) is 0 Å². The average molecular weight is 411 g/mol. The molecule has 4 nitrogen and oxygen atoms in total. The molecule has 0 unspecified atom stereocenters. The van der Waals surface area contributed by atoms with Crippen LogP contribution in [0.25, 0.3) is 0 Å². The predicted octanol–water partition coefficient (Wildman–Crippen LogP) is 5.37. The zero-order valence-corrected chi connectivity index (χ0v) is 15.6. The van der Waals surface area contributed by atoms with E-state index in [9.17, 15) is 31.5 Å². The van der Waals surface area contributed by atoms with Gasteiger partial charge >= 0.3 is 12.1 Å². The highest BCUT2D eigenvalue weighted by molar-refractivity contribution is 8.14. The quantitative estimate of drug-likeness (QED) is 0.481. The molecular weight excluding hydrogens is 393 g/mol. The van der Waals surface area contributed by atoms with E-state index in [0.717, 1.165) is 7.11 Å². The molecule has 1 saturated carbocycles. The summed E-state index contributed by atoms with van der Waals surface area (Å²) in [5, 5.41) is -1.29. The second kappa shape index (κ2) is 8.12. The molecule has 1 fully saturated rings. The van der Waals surface area contributed by atoms with Crippen LogP contribution < -0.4 is 0 Å². The molecule has 0 atom stereocenters. The number of hydrogen-bond acceptors (Lipinski definition) is 5. The molecule has 0 amide bonds. The van der Waals surface area contributed by atoms with Gasteiger partial charge in [-0.2, -0.15) is 13.2 Å². The molecule has 1 aliphatic rings. The molecule has 0 aliphatic heterocycles. The number of pyridine rings is 1. The van der Waals surface area contributed by atoms with Crippen LogP contribution >= 0.6 is 11.8 Å². The van der Waals surface area contributed by atoms with Gasteiger partial charge in [0.05, 0.1) is 18.2 Å². The molecule has 0 aromatic carbocycles. The van der Waals surface area contributed by atoms with Crippen LogP contribution in [-0.4, -0.2) is 28.4 Å². The number of nitrogens with zero attached hydrogens (tertiary/aromatic N) is 1. The van der Waals surface area contributed by atoms with Crippen LogP contribution in [0.4, 0.5) is 22.0 Å². The summed E-state index contributed by atoms with van der Waals surface area (Å²) < 4.78 is 72.2. The maximum Gasteiger partial charge on any atom is 0.434 e. The van der Waals surface area contributed by atoms with Gasteiger partial charge in [-0.15, -0.1) is 0 Å². The molecule has 0 bridgehead atoms. The number of rotatable bonds is 5. The van der Waals surface area contributed by atoms with Crippen LogP contribution in [-0.2, 0) is 10.9 Å². The lowest BCUT2D eigenvalue weighted by Crippen LogP contribution is -2.27. The van der Waals surface area contributed by atoms with Gasteiger partial charge in [0, 0.05) is 5.25 Å². The standard InChI is InChI=1S/C17H18F5NO3S/c1-7(2)27-16(25)11-9(8-5-4-6-8)10(15(24)26-3)12(14(18)19)23-13(11)17(20,21)22/h7-8,14H,4-6H2,1-3H3. The number of halogens is 5. The summed E-state index contributed by atoms with van der Waals surface area (Å²) in [6, 6.07) is 0. The minimum atomic E-state index is -5.13. The fourth-order valence-corrected chi connectivity index (χ4v) is 3.64. The lowest BCUT2D eigenvalue weighted by molar-refractivity contribution is -0.141. The second-order valence-corrected chi connectivity index (χ2v) is 7.93. The number of aromatic nitrogens is 1. The highest BCUT2D eigenvalue weighted by Gasteiger charge is 2.44. The molecule has 2 rings (SSSR count). The molecule has 1 aromatic heterocycles. The fourth-order valence-electron chi connectivity index (χ4n) is 2.89. The Morgan fingerprint density at radius 2 is 1.78 bits per heavy atom. The summed E-state index contributed by atoms with van der Waals surface area (Å²) in [7, 11) is 0.935. The Bertz CT molecular complexity index is 745. The summed E-state index contributed by atoms with van der Waals surface area (Å²) in [4.78, 5) is 27.8. The molecule has 0 spiro atoms. The van der Waals surface area contributed by atoms with Crippen LogP contribution in [0.15, 0.2) is 0 Å². The Hall–Kier alpha value is -1.71. The van der Waals surface area contributed by atoms with Crippen LogP contribution in [0, 0.1) is 0 Å². The fraction of sp³-hybridized carbons (Fsp3) is 0.588. The normalized spacial score (nSPS) is 15.2. The van der Waals surface area contributed by atoms with E-state index in [1.807, 2.05) is 0 Å². The van der Waals surface area contributed by atoms with E-state index >= 15 is 0 Å². The minimum absolute atomic E-state index is 0.316. The summed E-state index contributed by atoms with van der Waals surface area (Å²) >= 11 is 0.628. The Labute approximate surface area is 156 Å². The largest absolute Gasteiger partial charge is 0.465 e. The number of carbonyl (C=O) groups excluding carboxylic acids is 2. The highest BCUT2D eigenvalue weighted by Crippen LogP contribution is 2.46. The molecule has 150 valence electrons. The van der Waals surface area contributed by atoms with Crippen molar-refractivity contribution in [1.29, 1.82) is 0 Å². The predicted molar refractivity (Wildman–Crippen MR) is 89.2 cm³/mol. The van der Waals surface area contributed by atoms with Crippen molar-refractivity contribution in [1.82, 2.24) is 4.98 Å². The summed E-state index contributed by atoms with van der Waals surface area (Å²) in [6.45, 7) is 3.22. The highest BCUT2D eigenvalue weighted by atomic mass is 32.2. The number of thioether (sulfide) groups is 1. The Balaban J connectivity index is 2.92. The van der Waals surface area contributed by atoms with Crippen molar-refractivity contribution in [3.05, 3.63) is 28.1 Å². The topological polar surface area (TPSA) is 56.3 Å². The number of esters is 1. The van der Waals surface area contributed by atoms with Gasteiger partial charge < -0.3 is 4.74 Å². The number of hydrogen-bond donors (Lipinski definition) is 0. The summed E-state index contributed by atoms with van der Waals surface area (Å²) in [5.74, 6) is -1.83. The third kappa shape index (κ3) is 4.41. The molecule has 1 aromatic rings. The number of carbonyl (C=O) groups is 2. The van der Waals surface area contributed by atoms with Crippen molar-refractivity contribution in [2.24, 2.45) is 0 Å². The molecule has 1 aliphatic carbocycles. The molecule has 0 radical (unpaired) electrons. The van der Waals surface area contributed by atoms with Gasteiger partial charge in [0.2, 0.25) is 5.12 Å². The van der Waals surface area contributed by atoms with Gasteiger partial charge in [0.1, 0.15) is 5.69 Å². The smallest absolute Gasteiger partial charge is 0.434 e. The van der Waals surface area contributed by atoms with E-state index in [2.05, 4.69) is 9.72 Å². The zero-order valence-electron chi connectivity index (χ0n) is 14.8. The third-order valence-corrected chi connectivity index (χ3v) is 5.08. The van der Waals surface area contributed by atoms with Crippen molar-refractivity contribution < 1.29 is 36.3 Å². The first-order valence-corrected chi connectivity index (χ1v) is 9.09. The maximum absolute atomic E-state index is 13.6. The SMILES string of the molecule is COC(=O)c1c(C(F)F)nc(C(F)(F)F)c(C(=O)SC(C)C)c1C1CCC1. The average Bonchev–Trinajstić information content (AvgIpc) is 2.49. The van der Waals surface area contributed by atoms with Crippen molar-refractivity contribution in [2.45, 2.75) is 56.9 Å². The van der Waals surface area contributed by atoms with E-state index in [0.29, 0.717) is 31.0 Å². The first kappa shape index (κ1) is 21.6. The van der Waals surface area contributed by atoms with Gasteiger partial charge in [-0.1, -0.05) is 32.0 Å². The van der Waals surface area contributed by atoms with E-state index in [1.54, 1.807) is 13.8 Å². The van der Waals surface area contributed by atoms with Crippen LogP contribution in [0.3, 0.4) is 0 Å². The van der Waals surface area contributed by atoms with Gasteiger partial charge in [-0.3, -0.25) is 4.79 Å². The van der Waals surface area contributed by atoms with E-state index in [1.165, 1.54) is 0 Å². The maximum atomic E-state index is 13.6. The van der Waals surface area contributed by atoms with Crippen LogP contribution in [0.5, 0.6) is 0 Å². The van der Waals surface area contributed by atoms with Gasteiger partial charge in [0.15, 0.2) is 5.69 Å². The molecular formula is C17H18F5NO3S. The molecule has 27 heavy (non-hydrogen) atoms. The molecule has 0 saturated heterocycles. The number of ether oxygens (including phenoxy) is 1. The zero-order chi connectivity index (χ0) is 20.5. The summed E-state index contributed by atoms with van der Waals surface area (Å²) in [5.41, 5.74) is -4.83. The Kier molecular flexibility index (Phi) is 6.49. The number of methoxy groups -OCH3 is 1. The van der Waals surface area contributed by atoms with Crippen LogP contribution in [0.1, 0.15) is 83.1 Å². The van der Waals surface area contributed by atoms with Gasteiger partial charge in [-0.05, 0) is 24.3 Å². The molecule has 10 heteroatoms. The van der Waals surface area contributed by atoms with Crippen molar-refractivity contribution >= 4 is 22.8 Å². The van der Waals surface area contributed by atoms with E-state index in [4.69, 9.17) is 0 Å². The minimum Gasteiger partial charge on any atom is -0.465 e. The lowest BCUT2D eigenvalue weighted by atomic mass is 9.75. The third-order valence-electron chi connectivity index (χ3n) is 4.19. The Morgan fingerprint density at radius 1 is 1.19 bits per heavy atom. The number of alkyl halides is 5. The second-order valence-electron chi connectivity index (χ2n) is 6.38. The van der Waals surface area contributed by atoms with E-state index in [-0.39, 0.29) is 10.8 Å². The lowest BCUT2D eigenvalue weighted by Gasteiger charge is -2.31.